The molecule has 0 fully saturated rings. The molecule has 1 aromatic heterocycles. The molecule has 1 aromatic carbocycles. The van der Waals surface area contributed by atoms with Crippen LogP contribution in [0.25, 0.3) is 0 Å². The monoisotopic (exact) mass is 291 g/mol. The van der Waals surface area contributed by atoms with Crippen molar-refractivity contribution in [2.24, 2.45) is 0 Å². The van der Waals surface area contributed by atoms with Gasteiger partial charge >= 0.3 is 0 Å². The van der Waals surface area contributed by atoms with E-state index in [-0.39, 0.29) is 6.04 Å². The Balaban J connectivity index is 1.78. The Bertz CT molecular complexity index is 501. The number of ether oxygens (including phenoxy) is 1. The first-order valence-electron chi connectivity index (χ1n) is 7.03. The van der Waals surface area contributed by atoms with E-state index >= 15 is 0 Å². The highest BCUT2D eigenvalue weighted by Gasteiger charge is 2.11. The zero-order valence-corrected chi connectivity index (χ0v) is 12.8. The van der Waals surface area contributed by atoms with Crippen molar-refractivity contribution in [1.29, 1.82) is 0 Å². The average Bonchev–Trinajstić information content (AvgIpc) is 2.95. The average molecular weight is 291 g/mol. The van der Waals surface area contributed by atoms with Gasteiger partial charge in [0.1, 0.15) is 15.8 Å². The topological polar surface area (TPSA) is 47.0 Å². The van der Waals surface area contributed by atoms with Gasteiger partial charge in [-0.05, 0) is 32.0 Å². The number of hydrogen-bond acceptors (Lipinski definition) is 5. The number of para-hydroxylation sites is 1. The number of hydrogen-bond donors (Lipinski definition) is 1. The Morgan fingerprint density at radius 1 is 1.25 bits per heavy atom. The minimum atomic E-state index is 0.274. The predicted molar refractivity (Wildman–Crippen MR) is 82.3 cm³/mol. The summed E-state index contributed by atoms with van der Waals surface area (Å²) < 4.78 is 5.67. The minimum absolute atomic E-state index is 0.274. The highest BCUT2D eigenvalue weighted by molar-refractivity contribution is 7.11. The molecule has 1 unspecified atom stereocenters. The predicted octanol–water partition coefficient (Wildman–Crippen LogP) is 3.22. The summed E-state index contributed by atoms with van der Waals surface area (Å²) in [5.74, 6) is 0.898. The van der Waals surface area contributed by atoms with E-state index in [0.29, 0.717) is 6.61 Å². The zero-order chi connectivity index (χ0) is 14.2. The van der Waals surface area contributed by atoms with Crippen molar-refractivity contribution in [1.82, 2.24) is 15.5 Å². The third kappa shape index (κ3) is 4.58. The molecule has 1 N–H and O–H groups in total. The van der Waals surface area contributed by atoms with Crippen LogP contribution in [-0.2, 0) is 6.42 Å². The van der Waals surface area contributed by atoms with Crippen LogP contribution in [0.3, 0.4) is 0 Å². The third-order valence-electron chi connectivity index (χ3n) is 2.88. The Kier molecular flexibility index (Phi) is 5.95. The molecule has 0 bridgehead atoms. The molecule has 4 nitrogen and oxygen atoms in total. The summed E-state index contributed by atoms with van der Waals surface area (Å²) in [6.45, 7) is 5.93. The molecule has 0 aliphatic heterocycles. The van der Waals surface area contributed by atoms with Crippen molar-refractivity contribution in [3.63, 3.8) is 0 Å². The Morgan fingerprint density at radius 3 is 2.80 bits per heavy atom. The summed E-state index contributed by atoms with van der Waals surface area (Å²) in [6.07, 6.45) is 1.92. The smallest absolute Gasteiger partial charge is 0.134 e. The molecule has 1 heterocycles. The van der Waals surface area contributed by atoms with Crippen molar-refractivity contribution in [2.75, 3.05) is 13.2 Å². The normalized spacial score (nSPS) is 12.3. The van der Waals surface area contributed by atoms with Gasteiger partial charge in [0.05, 0.1) is 12.6 Å². The van der Waals surface area contributed by atoms with Crippen molar-refractivity contribution in [3.8, 4) is 5.75 Å². The lowest BCUT2D eigenvalue weighted by Crippen LogP contribution is -2.19. The van der Waals surface area contributed by atoms with Gasteiger partial charge in [0.25, 0.3) is 0 Å². The zero-order valence-electron chi connectivity index (χ0n) is 12.0. The van der Waals surface area contributed by atoms with Crippen molar-refractivity contribution in [3.05, 3.63) is 40.3 Å². The molecule has 1 atom stereocenters. The van der Waals surface area contributed by atoms with Crippen LogP contribution >= 0.6 is 11.3 Å². The first-order valence-corrected chi connectivity index (χ1v) is 7.84. The summed E-state index contributed by atoms with van der Waals surface area (Å²) in [5.41, 5.74) is 0. The lowest BCUT2D eigenvalue weighted by Gasteiger charge is -2.08. The number of aromatic nitrogens is 2. The molecule has 20 heavy (non-hydrogen) atoms. The fraction of sp³-hybridized carbons (Fsp3) is 0.467. The molecule has 0 radical (unpaired) electrons. The second kappa shape index (κ2) is 7.97. The molecule has 0 saturated carbocycles. The summed E-state index contributed by atoms with van der Waals surface area (Å²) in [5, 5.41) is 14.0. The maximum atomic E-state index is 5.67. The Labute approximate surface area is 124 Å². The number of benzene rings is 1. The number of rotatable bonds is 8. The number of nitrogens with one attached hydrogen (secondary N) is 1. The maximum Gasteiger partial charge on any atom is 0.134 e. The third-order valence-corrected chi connectivity index (χ3v) is 4.05. The lowest BCUT2D eigenvalue weighted by molar-refractivity contribution is 0.321. The fourth-order valence-electron chi connectivity index (χ4n) is 1.76. The molecule has 2 rings (SSSR count). The summed E-state index contributed by atoms with van der Waals surface area (Å²) in [4.78, 5) is 0. The van der Waals surface area contributed by atoms with Crippen LogP contribution in [0.1, 0.15) is 36.3 Å². The van der Waals surface area contributed by atoms with E-state index in [0.717, 1.165) is 35.2 Å². The van der Waals surface area contributed by atoms with Gasteiger partial charge in [0, 0.05) is 6.42 Å². The van der Waals surface area contributed by atoms with E-state index in [1.54, 1.807) is 11.3 Å². The second-order valence-electron chi connectivity index (χ2n) is 4.62. The molecule has 0 amide bonds. The molecular weight excluding hydrogens is 270 g/mol. The molecule has 108 valence electrons. The molecule has 0 saturated heterocycles. The van der Waals surface area contributed by atoms with Crippen LogP contribution in [0.4, 0.5) is 0 Å². The van der Waals surface area contributed by atoms with Crippen molar-refractivity contribution in [2.45, 2.75) is 32.7 Å². The second-order valence-corrected chi connectivity index (χ2v) is 5.72. The van der Waals surface area contributed by atoms with Gasteiger partial charge in [0.15, 0.2) is 0 Å². The van der Waals surface area contributed by atoms with E-state index in [9.17, 15) is 0 Å². The first kappa shape index (κ1) is 14.9. The standard InChI is InChI=1S/C15H21N3OS/c1-3-10-16-12(2)15-18-17-14(20-15)9-11-19-13-7-5-4-6-8-13/h4-8,12,16H,3,9-11H2,1-2H3. The molecule has 2 aromatic rings. The van der Waals surface area contributed by atoms with Gasteiger partial charge in [-0.25, -0.2) is 0 Å². The van der Waals surface area contributed by atoms with E-state index in [1.165, 1.54) is 0 Å². The van der Waals surface area contributed by atoms with Gasteiger partial charge in [0.2, 0.25) is 0 Å². The lowest BCUT2D eigenvalue weighted by atomic mass is 10.3. The molecule has 0 spiro atoms. The van der Waals surface area contributed by atoms with E-state index in [2.05, 4.69) is 29.4 Å². The van der Waals surface area contributed by atoms with E-state index in [4.69, 9.17) is 4.74 Å². The highest BCUT2D eigenvalue weighted by Crippen LogP contribution is 2.18. The molecular formula is C15H21N3OS. The summed E-state index contributed by atoms with van der Waals surface area (Å²) >= 11 is 1.66. The van der Waals surface area contributed by atoms with Crippen LogP contribution in [0, 0.1) is 0 Å². The minimum Gasteiger partial charge on any atom is -0.493 e. The van der Waals surface area contributed by atoms with Crippen molar-refractivity contribution >= 4 is 11.3 Å². The Morgan fingerprint density at radius 2 is 2.05 bits per heavy atom. The van der Waals surface area contributed by atoms with Crippen LogP contribution in [0.15, 0.2) is 30.3 Å². The highest BCUT2D eigenvalue weighted by atomic mass is 32.1. The van der Waals surface area contributed by atoms with E-state index < -0.39 is 0 Å². The van der Waals surface area contributed by atoms with Gasteiger partial charge in [-0.1, -0.05) is 36.5 Å². The van der Waals surface area contributed by atoms with Gasteiger partial charge in [-0.15, -0.1) is 10.2 Å². The van der Waals surface area contributed by atoms with Crippen LogP contribution in [0.5, 0.6) is 5.75 Å². The maximum absolute atomic E-state index is 5.67. The van der Waals surface area contributed by atoms with Crippen molar-refractivity contribution < 1.29 is 4.74 Å². The van der Waals surface area contributed by atoms with Crippen LogP contribution in [-0.4, -0.2) is 23.3 Å². The Hall–Kier alpha value is -1.46. The first-order chi connectivity index (χ1) is 9.79. The van der Waals surface area contributed by atoms with E-state index in [1.807, 2.05) is 30.3 Å². The molecule has 5 heteroatoms. The SMILES string of the molecule is CCCNC(C)c1nnc(CCOc2ccccc2)s1. The van der Waals surface area contributed by atoms with Gasteiger partial charge < -0.3 is 10.1 Å². The quantitative estimate of drug-likeness (QED) is 0.811. The fourth-order valence-corrected chi connectivity index (χ4v) is 2.61. The molecule has 0 aliphatic rings. The number of nitrogens with zero attached hydrogens (tertiary/aromatic N) is 2. The van der Waals surface area contributed by atoms with Crippen LogP contribution in [0.2, 0.25) is 0 Å². The van der Waals surface area contributed by atoms with Gasteiger partial charge in [-0.2, -0.15) is 0 Å². The van der Waals surface area contributed by atoms with Gasteiger partial charge in [-0.3, -0.25) is 0 Å². The van der Waals surface area contributed by atoms with Crippen LogP contribution < -0.4 is 10.1 Å². The summed E-state index contributed by atoms with van der Waals surface area (Å²) in [6, 6.07) is 10.1. The summed E-state index contributed by atoms with van der Waals surface area (Å²) in [7, 11) is 0. The largest absolute Gasteiger partial charge is 0.493 e. The molecule has 0 aliphatic carbocycles.